The number of rotatable bonds is 2. The Hall–Kier alpha value is 0.415. The lowest BCUT2D eigenvalue weighted by molar-refractivity contribution is 1.46. The average Bonchev–Trinajstić information content (AvgIpc) is 1.41. The molecule has 0 fully saturated rings. The number of hydrogen-bond acceptors (Lipinski definition) is 1. The molecule has 0 N–H and O–H groups in total. The van der Waals surface area contributed by atoms with E-state index >= 15 is 0 Å². The second-order valence-corrected chi connectivity index (χ2v) is 2.34. The Labute approximate surface area is 46.3 Å². The molecule has 0 amide bonds. The lowest BCUT2D eigenvalue weighted by Gasteiger charge is -1.80. The molecular weight excluding hydrogens is 90.9 g/mol. The fourth-order valence-corrected chi connectivity index (χ4v) is 0.612. The van der Waals surface area contributed by atoms with E-state index < -0.39 is 0 Å². The van der Waals surface area contributed by atoms with E-state index in [0.29, 0.717) is 0 Å². The Morgan fingerprint density at radius 3 is 1.50 bits per heavy atom. The molecule has 6 heavy (non-hydrogen) atoms. The van der Waals surface area contributed by atoms with Crippen LogP contribution in [0, 0.1) is 0 Å². The molecule has 0 spiro atoms. The van der Waals surface area contributed by atoms with Crippen molar-refractivity contribution in [3.8, 4) is 0 Å². The molecule has 0 aliphatic rings. The minimum Gasteiger partial charge on any atom is -0.163 e. The zero-order valence-electron chi connectivity index (χ0n) is 3.82. The largest absolute Gasteiger partial charge is 0.163 e. The van der Waals surface area contributed by atoms with Crippen LogP contribution < -0.4 is 0 Å². The first-order valence-corrected chi connectivity index (χ1v) is 3.15. The first-order chi connectivity index (χ1) is 2.41. The molecule has 0 saturated carbocycles. The second kappa shape index (κ2) is 9.05. The van der Waals surface area contributed by atoms with Gasteiger partial charge in [0.25, 0.3) is 0 Å². The summed E-state index contributed by atoms with van der Waals surface area (Å²) in [5, 5.41) is 0. The molecule has 0 aromatic rings. The molecule has 2 heteroatoms. The van der Waals surface area contributed by atoms with Gasteiger partial charge in [-0.05, 0) is 11.5 Å². The van der Waals surface area contributed by atoms with E-state index in [1.165, 1.54) is 11.5 Å². The van der Waals surface area contributed by atoms with Gasteiger partial charge in [-0.25, -0.2) is 0 Å². The van der Waals surface area contributed by atoms with Crippen LogP contribution in [0.2, 0.25) is 0 Å². The van der Waals surface area contributed by atoms with Crippen molar-refractivity contribution < 1.29 is 0 Å². The smallest absolute Gasteiger partial charge is 0.0814 e. The molecule has 0 bridgehead atoms. The monoisotopic (exact) mass is 104 g/mol. The van der Waals surface area contributed by atoms with Crippen molar-refractivity contribution in [1.29, 1.82) is 0 Å². The molecule has 0 aromatic heterocycles. The van der Waals surface area contributed by atoms with E-state index in [0.717, 1.165) is 0 Å². The third-order valence-electron chi connectivity index (χ3n) is 0.408. The molecular formula is C4H13BS. The lowest BCUT2D eigenvalue weighted by atomic mass is 10.8. The average molecular weight is 104 g/mol. The van der Waals surface area contributed by atoms with Crippen molar-refractivity contribution in [1.82, 2.24) is 0 Å². The van der Waals surface area contributed by atoms with Gasteiger partial charge in [-0.2, -0.15) is 11.8 Å². The topological polar surface area (TPSA) is 0 Å². The molecule has 0 aliphatic heterocycles. The van der Waals surface area contributed by atoms with E-state index in [4.69, 9.17) is 0 Å². The molecule has 38 valence electrons. The van der Waals surface area contributed by atoms with Crippen LogP contribution in [0.4, 0.5) is 0 Å². The zero-order chi connectivity index (χ0) is 4.12. The summed E-state index contributed by atoms with van der Waals surface area (Å²) in [5.41, 5.74) is 0. The van der Waals surface area contributed by atoms with Gasteiger partial charge in [0.15, 0.2) is 0 Å². The third kappa shape index (κ3) is 8.83. The maximum atomic E-state index is 2.17. The Morgan fingerprint density at radius 2 is 1.50 bits per heavy atom. The van der Waals surface area contributed by atoms with Gasteiger partial charge in [0, 0.05) is 0 Å². The summed E-state index contributed by atoms with van der Waals surface area (Å²) in [4.78, 5) is 0. The fraction of sp³-hybridized carbons (Fsp3) is 1.00. The molecule has 0 nitrogen and oxygen atoms in total. The van der Waals surface area contributed by atoms with Crippen molar-refractivity contribution in [2.45, 2.75) is 13.8 Å². The zero-order valence-corrected chi connectivity index (χ0v) is 4.64. The van der Waals surface area contributed by atoms with E-state index in [2.05, 4.69) is 13.8 Å². The van der Waals surface area contributed by atoms with Crippen LogP contribution in [0.15, 0.2) is 0 Å². The van der Waals surface area contributed by atoms with Gasteiger partial charge in [-0.15, -0.1) is 0 Å². The highest BCUT2D eigenvalue weighted by molar-refractivity contribution is 7.99. The van der Waals surface area contributed by atoms with Gasteiger partial charge in [0.05, 0.1) is 8.41 Å². The molecule has 0 rings (SSSR count). The van der Waals surface area contributed by atoms with Crippen LogP contribution >= 0.6 is 11.8 Å². The van der Waals surface area contributed by atoms with Gasteiger partial charge in [-0.1, -0.05) is 13.8 Å². The second-order valence-electron chi connectivity index (χ2n) is 0.781. The van der Waals surface area contributed by atoms with Gasteiger partial charge in [-0.3, -0.25) is 0 Å². The predicted molar refractivity (Wildman–Crippen MR) is 38.6 cm³/mol. The van der Waals surface area contributed by atoms with Gasteiger partial charge in [0.1, 0.15) is 0 Å². The van der Waals surface area contributed by atoms with Gasteiger partial charge >= 0.3 is 0 Å². The van der Waals surface area contributed by atoms with E-state index in [-0.39, 0.29) is 8.41 Å². The minimum atomic E-state index is 0. The summed E-state index contributed by atoms with van der Waals surface area (Å²) < 4.78 is 0. The summed E-state index contributed by atoms with van der Waals surface area (Å²) in [6.07, 6.45) is 0. The maximum absolute atomic E-state index is 2.17. The Balaban J connectivity index is 0. The molecule has 0 aromatic carbocycles. The summed E-state index contributed by atoms with van der Waals surface area (Å²) in [6, 6.07) is 0. The van der Waals surface area contributed by atoms with E-state index in [9.17, 15) is 0 Å². The van der Waals surface area contributed by atoms with Crippen LogP contribution in [0.1, 0.15) is 13.8 Å². The number of hydrogen-bond donors (Lipinski definition) is 0. The molecule has 0 radical (unpaired) electrons. The van der Waals surface area contributed by atoms with Crippen molar-refractivity contribution >= 4 is 20.2 Å². The highest BCUT2D eigenvalue weighted by Gasteiger charge is 1.67. The summed E-state index contributed by atoms with van der Waals surface area (Å²) >= 11 is 1.96. The molecule has 0 saturated heterocycles. The Morgan fingerprint density at radius 1 is 1.17 bits per heavy atom. The predicted octanol–water partition coefficient (Wildman–Crippen LogP) is 0.575. The highest BCUT2D eigenvalue weighted by Crippen LogP contribution is 1.93. The summed E-state index contributed by atoms with van der Waals surface area (Å²) in [6.45, 7) is 4.35. The van der Waals surface area contributed by atoms with Crippen LogP contribution in [0.25, 0.3) is 0 Å². The fourth-order valence-electron chi connectivity index (χ4n) is 0.204. The van der Waals surface area contributed by atoms with Crippen LogP contribution in [0.5, 0.6) is 0 Å². The van der Waals surface area contributed by atoms with Gasteiger partial charge < -0.3 is 0 Å². The highest BCUT2D eigenvalue weighted by atomic mass is 32.2. The Kier molecular flexibility index (Phi) is 14.6. The lowest BCUT2D eigenvalue weighted by Crippen LogP contribution is -1.64. The van der Waals surface area contributed by atoms with E-state index in [1.54, 1.807) is 0 Å². The normalized spacial score (nSPS) is 7.00. The van der Waals surface area contributed by atoms with Crippen molar-refractivity contribution in [3.63, 3.8) is 0 Å². The molecule has 0 atom stereocenters. The molecule has 0 unspecified atom stereocenters. The van der Waals surface area contributed by atoms with Crippen molar-refractivity contribution in [3.05, 3.63) is 0 Å². The SMILES string of the molecule is B.CCSCC. The number of thioether (sulfide) groups is 1. The molecule has 0 heterocycles. The third-order valence-corrected chi connectivity index (χ3v) is 1.22. The quantitative estimate of drug-likeness (QED) is 0.461. The van der Waals surface area contributed by atoms with E-state index in [1.807, 2.05) is 11.8 Å². The van der Waals surface area contributed by atoms with Crippen LogP contribution in [-0.2, 0) is 0 Å². The van der Waals surface area contributed by atoms with Crippen molar-refractivity contribution in [2.75, 3.05) is 11.5 Å². The van der Waals surface area contributed by atoms with Crippen LogP contribution in [0.3, 0.4) is 0 Å². The summed E-state index contributed by atoms with van der Waals surface area (Å²) in [7, 11) is 0. The minimum absolute atomic E-state index is 0. The standard InChI is InChI=1S/C4H10S.BH3/c1-3-5-4-2;/h3-4H2,1-2H3;1H3. The first-order valence-electron chi connectivity index (χ1n) is 1.99. The van der Waals surface area contributed by atoms with Gasteiger partial charge in [0.2, 0.25) is 0 Å². The molecule has 0 aliphatic carbocycles. The summed E-state index contributed by atoms with van der Waals surface area (Å²) in [5.74, 6) is 2.52. The maximum Gasteiger partial charge on any atom is 0.0814 e. The Bertz CT molecular complexity index is 15.0. The first kappa shape index (κ1) is 9.65. The van der Waals surface area contributed by atoms with Crippen LogP contribution in [-0.4, -0.2) is 19.9 Å². The van der Waals surface area contributed by atoms with Crippen molar-refractivity contribution in [2.24, 2.45) is 0 Å².